The lowest BCUT2D eigenvalue weighted by molar-refractivity contribution is 0.251. The molecule has 2 aromatic rings. The first kappa shape index (κ1) is 18.3. The van der Waals surface area contributed by atoms with Crippen LogP contribution >= 0.6 is 0 Å². The highest BCUT2D eigenvalue weighted by atomic mass is 16.5. The van der Waals surface area contributed by atoms with Gasteiger partial charge in [-0.25, -0.2) is 0 Å². The van der Waals surface area contributed by atoms with Gasteiger partial charge >= 0.3 is 6.01 Å². The van der Waals surface area contributed by atoms with Gasteiger partial charge in [0.25, 0.3) is 0 Å². The number of rotatable bonds is 7. The quantitative estimate of drug-likeness (QED) is 0.743. The molecule has 0 aliphatic carbocycles. The Kier molecular flexibility index (Phi) is 5.82. The summed E-state index contributed by atoms with van der Waals surface area (Å²) in [6.45, 7) is 7.10. The summed E-state index contributed by atoms with van der Waals surface area (Å²) in [5, 5.41) is 4.14. The number of hydrogen-bond donors (Lipinski definition) is 0. The predicted octanol–water partition coefficient (Wildman–Crippen LogP) is 2.29. The summed E-state index contributed by atoms with van der Waals surface area (Å²) in [4.78, 5) is 9.14. The van der Waals surface area contributed by atoms with E-state index in [1.165, 1.54) is 6.42 Å². The summed E-state index contributed by atoms with van der Waals surface area (Å²) < 4.78 is 21.8. The number of hydrogen-bond acceptors (Lipinski definition) is 8. The SMILES string of the molecule is CCCN1CCN(c2nc(-c3ccc(OC)c(OC)c3OC)no2)CC1. The summed E-state index contributed by atoms with van der Waals surface area (Å²) in [7, 11) is 4.73. The van der Waals surface area contributed by atoms with Crippen LogP contribution in [0.4, 0.5) is 6.01 Å². The number of ether oxygens (including phenoxy) is 3. The zero-order valence-corrected chi connectivity index (χ0v) is 15.8. The van der Waals surface area contributed by atoms with E-state index in [2.05, 4.69) is 26.9 Å². The third-order valence-electron chi connectivity index (χ3n) is 4.54. The molecule has 1 saturated heterocycles. The largest absolute Gasteiger partial charge is 0.493 e. The summed E-state index contributed by atoms with van der Waals surface area (Å²) in [6, 6.07) is 4.18. The minimum absolute atomic E-state index is 0.466. The van der Waals surface area contributed by atoms with Gasteiger partial charge in [0.15, 0.2) is 11.5 Å². The second kappa shape index (κ2) is 8.27. The van der Waals surface area contributed by atoms with Crippen molar-refractivity contribution in [1.29, 1.82) is 0 Å². The predicted molar refractivity (Wildman–Crippen MR) is 98.3 cm³/mol. The van der Waals surface area contributed by atoms with Crippen molar-refractivity contribution in [3.63, 3.8) is 0 Å². The zero-order chi connectivity index (χ0) is 18.5. The second-order valence-corrected chi connectivity index (χ2v) is 6.11. The van der Waals surface area contributed by atoms with Gasteiger partial charge in [0.1, 0.15) is 0 Å². The van der Waals surface area contributed by atoms with E-state index >= 15 is 0 Å². The molecule has 1 aliphatic rings. The summed E-state index contributed by atoms with van der Waals surface area (Å²) >= 11 is 0. The van der Waals surface area contributed by atoms with Crippen LogP contribution in [-0.2, 0) is 0 Å². The van der Waals surface area contributed by atoms with E-state index in [9.17, 15) is 0 Å². The van der Waals surface area contributed by atoms with Crippen molar-refractivity contribution >= 4 is 6.01 Å². The standard InChI is InChI=1S/C18H26N4O4/c1-5-8-21-9-11-22(12-10-21)18-19-17(20-26-18)13-6-7-14(23-2)16(25-4)15(13)24-3/h6-7H,5,8-12H2,1-4H3. The van der Waals surface area contributed by atoms with Gasteiger partial charge in [0.2, 0.25) is 11.6 Å². The van der Waals surface area contributed by atoms with Crippen LogP contribution in [0.3, 0.4) is 0 Å². The van der Waals surface area contributed by atoms with Crippen LogP contribution in [0.5, 0.6) is 17.2 Å². The molecule has 0 N–H and O–H groups in total. The molecular weight excluding hydrogens is 336 g/mol. The van der Waals surface area contributed by atoms with Crippen molar-refractivity contribution in [3.8, 4) is 28.6 Å². The van der Waals surface area contributed by atoms with Crippen molar-refractivity contribution < 1.29 is 18.7 Å². The van der Waals surface area contributed by atoms with Crippen molar-refractivity contribution in [2.45, 2.75) is 13.3 Å². The molecule has 8 nitrogen and oxygen atoms in total. The molecule has 0 radical (unpaired) electrons. The van der Waals surface area contributed by atoms with Crippen molar-refractivity contribution in [2.24, 2.45) is 0 Å². The van der Waals surface area contributed by atoms with Crippen LogP contribution in [0, 0.1) is 0 Å². The molecule has 0 atom stereocenters. The second-order valence-electron chi connectivity index (χ2n) is 6.11. The Morgan fingerprint density at radius 2 is 1.73 bits per heavy atom. The molecule has 1 aromatic heterocycles. The maximum absolute atomic E-state index is 5.51. The Hall–Kier alpha value is -2.48. The van der Waals surface area contributed by atoms with Gasteiger partial charge in [-0.05, 0) is 25.1 Å². The molecule has 0 unspecified atom stereocenters. The van der Waals surface area contributed by atoms with E-state index in [1.54, 1.807) is 27.4 Å². The van der Waals surface area contributed by atoms with Gasteiger partial charge in [0.05, 0.1) is 26.9 Å². The van der Waals surface area contributed by atoms with Gasteiger partial charge in [-0.2, -0.15) is 4.98 Å². The van der Waals surface area contributed by atoms with Crippen molar-refractivity contribution in [1.82, 2.24) is 15.0 Å². The zero-order valence-electron chi connectivity index (χ0n) is 15.8. The molecule has 0 spiro atoms. The van der Waals surface area contributed by atoms with E-state index in [0.717, 1.165) is 32.7 Å². The van der Waals surface area contributed by atoms with E-state index in [1.807, 2.05) is 6.07 Å². The van der Waals surface area contributed by atoms with Crippen LogP contribution in [0.25, 0.3) is 11.4 Å². The fraction of sp³-hybridized carbons (Fsp3) is 0.556. The molecule has 3 rings (SSSR count). The number of nitrogens with zero attached hydrogens (tertiary/aromatic N) is 4. The monoisotopic (exact) mass is 362 g/mol. The molecule has 26 heavy (non-hydrogen) atoms. The average molecular weight is 362 g/mol. The lowest BCUT2D eigenvalue weighted by Crippen LogP contribution is -2.46. The van der Waals surface area contributed by atoms with Gasteiger partial charge in [-0.15, -0.1) is 0 Å². The van der Waals surface area contributed by atoms with Crippen molar-refractivity contribution in [2.75, 3.05) is 59.0 Å². The van der Waals surface area contributed by atoms with Crippen molar-refractivity contribution in [3.05, 3.63) is 12.1 Å². The molecule has 2 heterocycles. The van der Waals surface area contributed by atoms with Crippen LogP contribution in [0.2, 0.25) is 0 Å². The minimum atomic E-state index is 0.466. The number of anilines is 1. The Morgan fingerprint density at radius 1 is 1.00 bits per heavy atom. The van der Waals surface area contributed by atoms with Crippen LogP contribution < -0.4 is 19.1 Å². The van der Waals surface area contributed by atoms with Gasteiger partial charge in [0, 0.05) is 26.2 Å². The topological polar surface area (TPSA) is 73.1 Å². The Labute approximate surface area is 153 Å². The molecule has 0 saturated carbocycles. The lowest BCUT2D eigenvalue weighted by atomic mass is 10.1. The number of methoxy groups -OCH3 is 3. The maximum atomic E-state index is 5.51. The number of benzene rings is 1. The third kappa shape index (κ3) is 3.55. The Morgan fingerprint density at radius 3 is 2.35 bits per heavy atom. The molecule has 1 fully saturated rings. The van der Waals surface area contributed by atoms with E-state index in [4.69, 9.17) is 18.7 Å². The molecule has 1 aliphatic heterocycles. The normalized spacial score (nSPS) is 15.2. The Bertz CT molecular complexity index is 726. The average Bonchev–Trinajstić information content (AvgIpc) is 3.17. The number of aromatic nitrogens is 2. The molecule has 1 aromatic carbocycles. The highest BCUT2D eigenvalue weighted by molar-refractivity contribution is 5.72. The molecule has 8 heteroatoms. The van der Waals surface area contributed by atoms with Gasteiger partial charge in [-0.3, -0.25) is 4.90 Å². The molecule has 0 amide bonds. The first-order valence-corrected chi connectivity index (χ1v) is 8.82. The highest BCUT2D eigenvalue weighted by Crippen LogP contribution is 2.43. The molecule has 0 bridgehead atoms. The summed E-state index contributed by atoms with van der Waals surface area (Å²) in [5.74, 6) is 2.08. The maximum Gasteiger partial charge on any atom is 0.324 e. The Balaban J connectivity index is 1.82. The van der Waals surface area contributed by atoms with E-state index < -0.39 is 0 Å². The molecular formula is C18H26N4O4. The smallest absolute Gasteiger partial charge is 0.324 e. The van der Waals surface area contributed by atoms with Crippen LogP contribution in [0.15, 0.2) is 16.7 Å². The van der Waals surface area contributed by atoms with E-state index in [0.29, 0.717) is 34.7 Å². The van der Waals surface area contributed by atoms with Crippen LogP contribution in [-0.4, -0.2) is 69.1 Å². The van der Waals surface area contributed by atoms with Gasteiger partial charge < -0.3 is 23.6 Å². The first-order valence-electron chi connectivity index (χ1n) is 8.82. The third-order valence-corrected chi connectivity index (χ3v) is 4.54. The number of piperazine rings is 1. The molecule has 142 valence electrons. The van der Waals surface area contributed by atoms with Crippen LogP contribution in [0.1, 0.15) is 13.3 Å². The fourth-order valence-corrected chi connectivity index (χ4v) is 3.21. The van der Waals surface area contributed by atoms with E-state index in [-0.39, 0.29) is 0 Å². The summed E-state index contributed by atoms with van der Waals surface area (Å²) in [5.41, 5.74) is 0.699. The highest BCUT2D eigenvalue weighted by Gasteiger charge is 2.24. The lowest BCUT2D eigenvalue weighted by Gasteiger charge is -2.33. The fourth-order valence-electron chi connectivity index (χ4n) is 3.21. The van der Waals surface area contributed by atoms with Gasteiger partial charge in [-0.1, -0.05) is 12.1 Å². The first-order chi connectivity index (χ1) is 12.7. The summed E-state index contributed by atoms with van der Waals surface area (Å²) in [6.07, 6.45) is 1.17. The minimum Gasteiger partial charge on any atom is -0.493 e.